The molecule has 1 N–H and O–H groups in total. The van der Waals surface area contributed by atoms with E-state index in [9.17, 15) is 13.2 Å². The van der Waals surface area contributed by atoms with Crippen molar-refractivity contribution in [1.29, 1.82) is 0 Å². The minimum Gasteiger partial charge on any atom is -0.378 e. The standard InChI is InChI=1S/C19H22ClN3O3S/c1-22(2)16-9-7-15(8-10-16)21-19(24)18-4-3-13-23(18)27(25,26)17-11-5-14(20)6-12-17/h5-12,18H,3-4,13H2,1-2H3,(H,21,24). The van der Waals surface area contributed by atoms with Crippen LogP contribution in [0.1, 0.15) is 12.8 Å². The van der Waals surface area contributed by atoms with Crippen molar-refractivity contribution in [1.82, 2.24) is 4.31 Å². The van der Waals surface area contributed by atoms with Gasteiger partial charge < -0.3 is 10.2 Å². The van der Waals surface area contributed by atoms with Crippen molar-refractivity contribution in [2.45, 2.75) is 23.8 Å². The Kier molecular flexibility index (Phi) is 5.74. The van der Waals surface area contributed by atoms with Crippen LogP contribution in [0.3, 0.4) is 0 Å². The molecule has 1 unspecified atom stereocenters. The topological polar surface area (TPSA) is 69.7 Å². The van der Waals surface area contributed by atoms with Gasteiger partial charge in [0, 0.05) is 37.0 Å². The highest BCUT2D eigenvalue weighted by Crippen LogP contribution is 2.28. The third-order valence-corrected chi connectivity index (χ3v) is 6.75. The fourth-order valence-corrected chi connectivity index (χ4v) is 4.88. The molecule has 27 heavy (non-hydrogen) atoms. The maximum absolute atomic E-state index is 12.9. The van der Waals surface area contributed by atoms with Crippen LogP contribution in [0.5, 0.6) is 0 Å². The number of rotatable bonds is 5. The maximum Gasteiger partial charge on any atom is 0.243 e. The minimum atomic E-state index is -3.75. The van der Waals surface area contributed by atoms with Crippen LogP contribution in [0.15, 0.2) is 53.4 Å². The van der Waals surface area contributed by atoms with Crippen LogP contribution >= 0.6 is 11.6 Å². The summed E-state index contributed by atoms with van der Waals surface area (Å²) in [4.78, 5) is 14.8. The molecule has 2 aromatic rings. The van der Waals surface area contributed by atoms with Crippen LogP contribution in [-0.2, 0) is 14.8 Å². The number of hydrogen-bond donors (Lipinski definition) is 1. The lowest BCUT2D eigenvalue weighted by Crippen LogP contribution is -2.43. The second kappa shape index (κ2) is 7.88. The highest BCUT2D eigenvalue weighted by Gasteiger charge is 2.39. The number of nitrogens with zero attached hydrogens (tertiary/aromatic N) is 2. The van der Waals surface area contributed by atoms with E-state index in [0.29, 0.717) is 30.1 Å². The van der Waals surface area contributed by atoms with Crippen LogP contribution in [-0.4, -0.2) is 45.3 Å². The van der Waals surface area contributed by atoms with Crippen LogP contribution in [0, 0.1) is 0 Å². The summed E-state index contributed by atoms with van der Waals surface area (Å²) in [5.74, 6) is -0.317. The molecule has 3 rings (SSSR count). The van der Waals surface area contributed by atoms with Crippen LogP contribution in [0.4, 0.5) is 11.4 Å². The van der Waals surface area contributed by atoms with Gasteiger partial charge in [-0.1, -0.05) is 11.6 Å². The molecule has 0 aliphatic carbocycles. The molecule has 0 saturated carbocycles. The first-order valence-corrected chi connectivity index (χ1v) is 10.5. The molecule has 1 amide bonds. The molecule has 2 aromatic carbocycles. The molecule has 1 aliphatic rings. The first-order valence-electron chi connectivity index (χ1n) is 8.65. The zero-order chi connectivity index (χ0) is 19.6. The average Bonchev–Trinajstić information content (AvgIpc) is 3.13. The maximum atomic E-state index is 12.9. The van der Waals surface area contributed by atoms with Crippen molar-refractivity contribution in [2.24, 2.45) is 0 Å². The summed E-state index contributed by atoms with van der Waals surface area (Å²) in [6, 6.07) is 12.7. The van der Waals surface area contributed by atoms with Crippen LogP contribution < -0.4 is 10.2 Å². The normalized spacial score (nSPS) is 17.7. The van der Waals surface area contributed by atoms with Crippen molar-refractivity contribution in [2.75, 3.05) is 30.9 Å². The summed E-state index contributed by atoms with van der Waals surface area (Å²) in [5, 5.41) is 3.29. The summed E-state index contributed by atoms with van der Waals surface area (Å²) in [6.45, 7) is 0.322. The number of hydrogen-bond acceptors (Lipinski definition) is 4. The Morgan fingerprint density at radius 3 is 2.33 bits per heavy atom. The largest absolute Gasteiger partial charge is 0.378 e. The van der Waals surface area contributed by atoms with Crippen molar-refractivity contribution in [3.05, 3.63) is 53.6 Å². The molecule has 0 spiro atoms. The molecule has 1 atom stereocenters. The highest BCUT2D eigenvalue weighted by molar-refractivity contribution is 7.89. The Labute approximate surface area is 164 Å². The Bertz CT molecular complexity index is 912. The number of sulfonamides is 1. The van der Waals surface area contributed by atoms with Gasteiger partial charge in [0.25, 0.3) is 0 Å². The zero-order valence-corrected chi connectivity index (χ0v) is 16.8. The van der Waals surface area contributed by atoms with E-state index in [1.807, 2.05) is 31.1 Å². The molecular formula is C19H22ClN3O3S. The smallest absolute Gasteiger partial charge is 0.243 e. The molecule has 1 fully saturated rings. The lowest BCUT2D eigenvalue weighted by molar-refractivity contribution is -0.119. The Morgan fingerprint density at radius 1 is 1.11 bits per heavy atom. The first-order chi connectivity index (χ1) is 12.8. The van der Waals surface area contributed by atoms with Crippen molar-refractivity contribution in [3.63, 3.8) is 0 Å². The Balaban J connectivity index is 1.77. The van der Waals surface area contributed by atoms with Gasteiger partial charge in [-0.25, -0.2) is 8.42 Å². The monoisotopic (exact) mass is 407 g/mol. The lowest BCUT2D eigenvalue weighted by atomic mass is 10.2. The van der Waals surface area contributed by atoms with E-state index in [2.05, 4.69) is 5.32 Å². The fraction of sp³-hybridized carbons (Fsp3) is 0.316. The van der Waals surface area contributed by atoms with Gasteiger partial charge in [0.2, 0.25) is 15.9 Å². The molecule has 0 aromatic heterocycles. The van der Waals surface area contributed by atoms with E-state index < -0.39 is 16.1 Å². The number of benzene rings is 2. The second-order valence-electron chi connectivity index (χ2n) is 6.66. The quantitative estimate of drug-likeness (QED) is 0.826. The van der Waals surface area contributed by atoms with Gasteiger partial charge in [-0.3, -0.25) is 4.79 Å². The SMILES string of the molecule is CN(C)c1ccc(NC(=O)C2CCCN2S(=O)(=O)c2ccc(Cl)cc2)cc1. The molecule has 0 bridgehead atoms. The van der Waals surface area contributed by atoms with E-state index in [-0.39, 0.29) is 10.8 Å². The predicted molar refractivity (Wildman–Crippen MR) is 108 cm³/mol. The Hall–Kier alpha value is -2.09. The molecular weight excluding hydrogens is 386 g/mol. The van der Waals surface area contributed by atoms with E-state index in [1.165, 1.54) is 28.6 Å². The van der Waals surface area contributed by atoms with Crippen LogP contribution in [0.25, 0.3) is 0 Å². The third-order valence-electron chi connectivity index (χ3n) is 4.58. The number of anilines is 2. The molecule has 1 heterocycles. The van der Waals surface area contributed by atoms with E-state index in [4.69, 9.17) is 11.6 Å². The van der Waals surface area contributed by atoms with E-state index in [1.54, 1.807) is 12.1 Å². The summed E-state index contributed by atoms with van der Waals surface area (Å²) in [6.07, 6.45) is 1.14. The Morgan fingerprint density at radius 2 is 1.74 bits per heavy atom. The fourth-order valence-electron chi connectivity index (χ4n) is 3.10. The van der Waals surface area contributed by atoms with Gasteiger partial charge in [-0.2, -0.15) is 4.31 Å². The van der Waals surface area contributed by atoms with E-state index >= 15 is 0 Å². The van der Waals surface area contributed by atoms with E-state index in [0.717, 1.165) is 5.69 Å². The highest BCUT2D eigenvalue weighted by atomic mass is 35.5. The molecule has 1 saturated heterocycles. The molecule has 0 radical (unpaired) electrons. The number of amides is 1. The number of carbonyl (C=O) groups is 1. The van der Waals surface area contributed by atoms with Crippen molar-refractivity contribution >= 4 is 38.9 Å². The molecule has 1 aliphatic heterocycles. The van der Waals surface area contributed by atoms with Crippen molar-refractivity contribution in [3.8, 4) is 0 Å². The number of nitrogens with one attached hydrogen (secondary N) is 1. The van der Waals surface area contributed by atoms with Gasteiger partial charge >= 0.3 is 0 Å². The minimum absolute atomic E-state index is 0.141. The summed E-state index contributed by atoms with van der Waals surface area (Å²) < 4.78 is 27.1. The summed E-state index contributed by atoms with van der Waals surface area (Å²) in [7, 11) is 0.120. The van der Waals surface area contributed by atoms with Gasteiger partial charge in [-0.15, -0.1) is 0 Å². The van der Waals surface area contributed by atoms with Gasteiger partial charge in [0.05, 0.1) is 4.90 Å². The summed E-state index contributed by atoms with van der Waals surface area (Å²) in [5.41, 5.74) is 1.65. The lowest BCUT2D eigenvalue weighted by Gasteiger charge is -2.23. The van der Waals surface area contributed by atoms with Gasteiger partial charge in [0.15, 0.2) is 0 Å². The molecule has 6 nitrogen and oxygen atoms in total. The predicted octanol–water partition coefficient (Wildman–Crippen LogP) is 3.20. The molecule has 144 valence electrons. The third kappa shape index (κ3) is 4.26. The first kappa shape index (κ1) is 19.7. The zero-order valence-electron chi connectivity index (χ0n) is 15.2. The number of carbonyl (C=O) groups excluding carboxylic acids is 1. The second-order valence-corrected chi connectivity index (χ2v) is 8.99. The average molecular weight is 408 g/mol. The van der Waals surface area contributed by atoms with Gasteiger partial charge in [-0.05, 0) is 61.4 Å². The number of halogens is 1. The molecule has 8 heteroatoms. The van der Waals surface area contributed by atoms with Crippen LogP contribution in [0.2, 0.25) is 5.02 Å². The van der Waals surface area contributed by atoms with Gasteiger partial charge in [0.1, 0.15) is 6.04 Å². The van der Waals surface area contributed by atoms with Crippen molar-refractivity contribution < 1.29 is 13.2 Å². The summed E-state index contributed by atoms with van der Waals surface area (Å²) >= 11 is 5.85.